The van der Waals surface area contributed by atoms with E-state index in [1.165, 1.54) is 16.7 Å². The summed E-state index contributed by atoms with van der Waals surface area (Å²) in [6.45, 7) is 16.5. The molecule has 2 aliphatic rings. The summed E-state index contributed by atoms with van der Waals surface area (Å²) in [4.78, 5) is 20.6. The van der Waals surface area contributed by atoms with E-state index >= 15 is 0 Å². The highest BCUT2D eigenvalue weighted by Gasteiger charge is 2.32. The summed E-state index contributed by atoms with van der Waals surface area (Å²) in [6, 6.07) is 26.9. The Balaban J connectivity index is 0.00000164. The van der Waals surface area contributed by atoms with Crippen LogP contribution in [0.1, 0.15) is 60.7 Å². The summed E-state index contributed by atoms with van der Waals surface area (Å²) < 4.78 is 0. The number of likely N-dealkylation sites (tertiary alicyclic amines) is 1. The Morgan fingerprint density at radius 3 is 1.97 bits per heavy atom. The predicted octanol–water partition coefficient (Wildman–Crippen LogP) is 6.81. The van der Waals surface area contributed by atoms with E-state index < -0.39 is 0 Å². The second-order valence-corrected chi connectivity index (χ2v) is 10.7. The molecule has 2 fully saturated rings. The van der Waals surface area contributed by atoms with Crippen LogP contribution in [0.4, 0.5) is 0 Å². The number of hydrogen-bond donors (Lipinski definition) is 0. The number of rotatable bonds is 5. The highest BCUT2D eigenvalue weighted by atomic mass is 16.2. The van der Waals surface area contributed by atoms with Crippen LogP contribution in [0.5, 0.6) is 0 Å². The smallest absolute Gasteiger partial charge is 0.254 e. The van der Waals surface area contributed by atoms with Crippen molar-refractivity contribution in [3.8, 4) is 11.1 Å². The van der Waals surface area contributed by atoms with E-state index in [1.807, 2.05) is 45.9 Å². The summed E-state index contributed by atoms with van der Waals surface area (Å²) in [5.74, 6) is 0.209. The molecule has 0 aromatic heterocycles. The van der Waals surface area contributed by atoms with E-state index in [2.05, 4.69) is 76.2 Å². The molecule has 2 heterocycles. The summed E-state index contributed by atoms with van der Waals surface area (Å²) in [6.07, 6.45) is 2.15. The molecular formula is C34H45N3O. The van der Waals surface area contributed by atoms with Crippen LogP contribution in [-0.4, -0.2) is 65.4 Å². The molecule has 0 N–H and O–H groups in total. The lowest BCUT2D eigenvalue weighted by Crippen LogP contribution is -2.56. The highest BCUT2D eigenvalue weighted by Crippen LogP contribution is 2.25. The lowest BCUT2D eigenvalue weighted by molar-refractivity contribution is 0.0259. The largest absolute Gasteiger partial charge is 0.339 e. The Hall–Kier alpha value is -2.95. The Kier molecular flexibility index (Phi) is 9.76. The third-order valence-corrected chi connectivity index (χ3v) is 8.21. The molecule has 4 heteroatoms. The van der Waals surface area contributed by atoms with Crippen LogP contribution in [0.25, 0.3) is 11.1 Å². The van der Waals surface area contributed by atoms with Gasteiger partial charge < -0.3 is 4.90 Å². The second kappa shape index (κ2) is 13.2. The molecule has 1 unspecified atom stereocenters. The summed E-state index contributed by atoms with van der Waals surface area (Å²) in [7, 11) is 0. The number of amides is 1. The quantitative estimate of drug-likeness (QED) is 0.377. The summed E-state index contributed by atoms with van der Waals surface area (Å²) >= 11 is 0. The maximum Gasteiger partial charge on any atom is 0.254 e. The van der Waals surface area contributed by atoms with E-state index in [0.29, 0.717) is 12.1 Å². The van der Waals surface area contributed by atoms with Gasteiger partial charge in [-0.3, -0.25) is 14.6 Å². The SMILES string of the molecule is CC.Cc1cccc(C)c1C(=O)N1CCC(N2CCN(Cc3ccc(-c4ccccc4)cc3)C(C)C2)CC1. The summed E-state index contributed by atoms with van der Waals surface area (Å²) in [5.41, 5.74) is 7.00. The number of carbonyl (C=O) groups excluding carboxylic acids is 1. The third-order valence-electron chi connectivity index (χ3n) is 8.21. The zero-order valence-electron chi connectivity index (χ0n) is 24.0. The fourth-order valence-electron chi connectivity index (χ4n) is 6.00. The van der Waals surface area contributed by atoms with Crippen LogP contribution in [-0.2, 0) is 6.54 Å². The second-order valence-electron chi connectivity index (χ2n) is 10.7. The maximum atomic E-state index is 13.2. The van der Waals surface area contributed by atoms with Crippen LogP contribution in [0.3, 0.4) is 0 Å². The van der Waals surface area contributed by atoms with Crippen molar-refractivity contribution >= 4 is 5.91 Å². The minimum absolute atomic E-state index is 0.209. The van der Waals surface area contributed by atoms with Crippen molar-refractivity contribution < 1.29 is 4.79 Å². The predicted molar refractivity (Wildman–Crippen MR) is 160 cm³/mol. The van der Waals surface area contributed by atoms with Gasteiger partial charge in [-0.2, -0.15) is 0 Å². The summed E-state index contributed by atoms with van der Waals surface area (Å²) in [5, 5.41) is 0. The van der Waals surface area contributed by atoms with Crippen molar-refractivity contribution in [3.63, 3.8) is 0 Å². The standard InChI is InChI=1S/C32H39N3O.C2H6/c1-24-8-7-9-25(2)31(24)32(36)33-18-16-30(17-19-33)35-21-20-34(26(3)22-35)23-27-12-14-29(15-13-27)28-10-5-4-6-11-28;1-2/h4-15,26,30H,16-23H2,1-3H3;1-2H3. The third kappa shape index (κ3) is 6.54. The Bertz CT molecular complexity index is 1150. The van der Waals surface area contributed by atoms with Crippen LogP contribution >= 0.6 is 0 Å². The van der Waals surface area contributed by atoms with Gasteiger partial charge in [0.15, 0.2) is 0 Å². The molecule has 2 saturated heterocycles. The zero-order chi connectivity index (χ0) is 27.1. The minimum Gasteiger partial charge on any atom is -0.339 e. The average Bonchev–Trinajstić information content (AvgIpc) is 2.96. The molecule has 38 heavy (non-hydrogen) atoms. The first-order valence-corrected chi connectivity index (χ1v) is 14.5. The van der Waals surface area contributed by atoms with Crippen molar-refractivity contribution in [2.75, 3.05) is 32.7 Å². The molecule has 5 rings (SSSR count). The molecule has 1 amide bonds. The molecule has 0 spiro atoms. The average molecular weight is 512 g/mol. The molecule has 3 aromatic rings. The van der Waals surface area contributed by atoms with E-state index in [9.17, 15) is 4.79 Å². The first-order chi connectivity index (χ1) is 18.5. The molecule has 202 valence electrons. The van der Waals surface area contributed by atoms with Gasteiger partial charge in [0.2, 0.25) is 0 Å². The van der Waals surface area contributed by atoms with Gasteiger partial charge in [0.05, 0.1) is 0 Å². The maximum absolute atomic E-state index is 13.2. The molecular weight excluding hydrogens is 466 g/mol. The fraction of sp³-hybridized carbons (Fsp3) is 0.441. The van der Waals surface area contributed by atoms with Crippen LogP contribution in [0.15, 0.2) is 72.8 Å². The van der Waals surface area contributed by atoms with Gasteiger partial charge in [-0.25, -0.2) is 0 Å². The number of piperazine rings is 1. The molecule has 3 aromatic carbocycles. The number of aryl methyl sites for hydroxylation is 2. The van der Waals surface area contributed by atoms with Gasteiger partial charge in [0.1, 0.15) is 0 Å². The van der Waals surface area contributed by atoms with E-state index in [1.54, 1.807) is 0 Å². The molecule has 0 bridgehead atoms. The number of benzene rings is 3. The van der Waals surface area contributed by atoms with Crippen LogP contribution in [0.2, 0.25) is 0 Å². The number of hydrogen-bond acceptors (Lipinski definition) is 3. The van der Waals surface area contributed by atoms with Crippen molar-refractivity contribution in [2.45, 2.75) is 66.1 Å². The van der Waals surface area contributed by atoms with Crippen molar-refractivity contribution in [3.05, 3.63) is 95.1 Å². The van der Waals surface area contributed by atoms with Crippen LogP contribution < -0.4 is 0 Å². The zero-order valence-corrected chi connectivity index (χ0v) is 24.0. The van der Waals surface area contributed by atoms with E-state index in [4.69, 9.17) is 0 Å². The molecule has 1 atom stereocenters. The van der Waals surface area contributed by atoms with Crippen LogP contribution in [0, 0.1) is 13.8 Å². The Morgan fingerprint density at radius 2 is 1.37 bits per heavy atom. The molecule has 4 nitrogen and oxygen atoms in total. The highest BCUT2D eigenvalue weighted by molar-refractivity contribution is 5.97. The Morgan fingerprint density at radius 1 is 0.763 bits per heavy atom. The number of nitrogens with zero attached hydrogens (tertiary/aromatic N) is 3. The molecule has 0 aliphatic carbocycles. The van der Waals surface area contributed by atoms with Gasteiger partial charge in [0, 0.05) is 56.9 Å². The van der Waals surface area contributed by atoms with Gasteiger partial charge in [-0.15, -0.1) is 0 Å². The Labute approximate surface area is 230 Å². The van der Waals surface area contributed by atoms with Gasteiger partial charge in [-0.1, -0.05) is 86.6 Å². The fourth-order valence-corrected chi connectivity index (χ4v) is 6.00. The normalized spacial score (nSPS) is 19.1. The van der Waals surface area contributed by atoms with Gasteiger partial charge >= 0.3 is 0 Å². The molecule has 0 radical (unpaired) electrons. The molecule has 2 aliphatic heterocycles. The number of carbonyl (C=O) groups is 1. The van der Waals surface area contributed by atoms with E-state index in [0.717, 1.165) is 68.8 Å². The minimum atomic E-state index is 0.209. The van der Waals surface area contributed by atoms with Crippen molar-refractivity contribution in [1.29, 1.82) is 0 Å². The lowest BCUT2D eigenvalue weighted by Gasteiger charge is -2.45. The first kappa shape index (κ1) is 28.1. The first-order valence-electron chi connectivity index (χ1n) is 14.5. The lowest BCUT2D eigenvalue weighted by atomic mass is 9.97. The van der Waals surface area contributed by atoms with E-state index in [-0.39, 0.29) is 5.91 Å². The van der Waals surface area contributed by atoms with Gasteiger partial charge in [0.25, 0.3) is 5.91 Å². The topological polar surface area (TPSA) is 26.8 Å². The van der Waals surface area contributed by atoms with Crippen molar-refractivity contribution in [1.82, 2.24) is 14.7 Å². The number of piperidine rings is 1. The molecule has 0 saturated carbocycles. The van der Waals surface area contributed by atoms with Crippen molar-refractivity contribution in [2.24, 2.45) is 0 Å². The van der Waals surface area contributed by atoms with Gasteiger partial charge in [-0.05, 0) is 61.4 Å². The monoisotopic (exact) mass is 511 g/mol.